The van der Waals surface area contributed by atoms with E-state index < -0.39 is 0 Å². The minimum absolute atomic E-state index is 0.189. The third kappa shape index (κ3) is 1.70. The standard InChI is InChI=1S/C9H11N3S2/c1-6-3-4-13-9(6)8(10-2)7-5-14-12-11-7/h3-5,8,10H,1-2H3. The second-order valence-electron chi connectivity index (χ2n) is 3.02. The van der Waals surface area contributed by atoms with E-state index in [9.17, 15) is 0 Å². The molecule has 2 aromatic heterocycles. The van der Waals surface area contributed by atoms with Crippen molar-refractivity contribution < 1.29 is 0 Å². The third-order valence-corrected chi connectivity index (χ3v) is 3.73. The molecule has 0 saturated carbocycles. The van der Waals surface area contributed by atoms with Crippen molar-refractivity contribution in [2.45, 2.75) is 13.0 Å². The molecule has 0 amide bonds. The molecule has 2 heterocycles. The molecule has 0 bridgehead atoms. The van der Waals surface area contributed by atoms with Gasteiger partial charge in [0.2, 0.25) is 0 Å². The molecule has 1 N–H and O–H groups in total. The smallest absolute Gasteiger partial charge is 0.0978 e. The molecule has 0 aromatic carbocycles. The van der Waals surface area contributed by atoms with Crippen LogP contribution in [0.15, 0.2) is 16.8 Å². The number of nitrogens with one attached hydrogen (secondary N) is 1. The van der Waals surface area contributed by atoms with E-state index >= 15 is 0 Å². The van der Waals surface area contributed by atoms with Gasteiger partial charge in [-0.15, -0.1) is 16.4 Å². The van der Waals surface area contributed by atoms with Crippen LogP contribution in [0, 0.1) is 6.92 Å². The lowest BCUT2D eigenvalue weighted by Crippen LogP contribution is -2.17. The summed E-state index contributed by atoms with van der Waals surface area (Å²) in [5.74, 6) is 0. The van der Waals surface area contributed by atoms with Crippen LogP contribution in [-0.4, -0.2) is 16.6 Å². The lowest BCUT2D eigenvalue weighted by molar-refractivity contribution is 0.676. The summed E-state index contributed by atoms with van der Waals surface area (Å²) < 4.78 is 3.89. The molecule has 0 aliphatic carbocycles. The number of thiophene rings is 1. The summed E-state index contributed by atoms with van der Waals surface area (Å²) in [5.41, 5.74) is 2.31. The molecule has 1 unspecified atom stereocenters. The fourth-order valence-corrected chi connectivity index (χ4v) is 2.92. The van der Waals surface area contributed by atoms with E-state index in [0.29, 0.717) is 0 Å². The number of aryl methyl sites for hydroxylation is 1. The highest BCUT2D eigenvalue weighted by molar-refractivity contribution is 7.10. The van der Waals surface area contributed by atoms with E-state index in [4.69, 9.17) is 0 Å². The molecular formula is C9H11N3S2. The van der Waals surface area contributed by atoms with Crippen molar-refractivity contribution in [3.8, 4) is 0 Å². The summed E-state index contributed by atoms with van der Waals surface area (Å²) in [4.78, 5) is 1.32. The first-order valence-corrected chi connectivity index (χ1v) is 6.02. The summed E-state index contributed by atoms with van der Waals surface area (Å²) in [6, 6.07) is 2.32. The van der Waals surface area contributed by atoms with Crippen LogP contribution in [0.4, 0.5) is 0 Å². The maximum atomic E-state index is 4.10. The van der Waals surface area contributed by atoms with Gasteiger partial charge in [0.05, 0.1) is 11.7 Å². The van der Waals surface area contributed by atoms with Crippen molar-refractivity contribution in [2.75, 3.05) is 7.05 Å². The van der Waals surface area contributed by atoms with E-state index in [1.807, 2.05) is 12.4 Å². The zero-order valence-corrected chi connectivity index (χ0v) is 9.65. The van der Waals surface area contributed by atoms with Gasteiger partial charge < -0.3 is 5.32 Å². The number of hydrogen-bond acceptors (Lipinski definition) is 5. The van der Waals surface area contributed by atoms with E-state index in [1.54, 1.807) is 11.3 Å². The lowest BCUT2D eigenvalue weighted by atomic mass is 10.1. The Hall–Kier alpha value is -0.780. The molecule has 5 heteroatoms. The first-order valence-electron chi connectivity index (χ1n) is 4.31. The van der Waals surface area contributed by atoms with Crippen LogP contribution in [0.1, 0.15) is 22.2 Å². The SMILES string of the molecule is CNC(c1csnn1)c1sccc1C. The van der Waals surface area contributed by atoms with Crippen molar-refractivity contribution >= 4 is 22.9 Å². The summed E-state index contributed by atoms with van der Waals surface area (Å²) in [7, 11) is 1.95. The lowest BCUT2D eigenvalue weighted by Gasteiger charge is -2.12. The van der Waals surface area contributed by atoms with Crippen LogP contribution in [0.2, 0.25) is 0 Å². The number of hydrogen-bond donors (Lipinski definition) is 1. The molecule has 3 nitrogen and oxygen atoms in total. The Morgan fingerprint density at radius 3 is 2.86 bits per heavy atom. The van der Waals surface area contributed by atoms with Crippen LogP contribution in [0.5, 0.6) is 0 Å². The van der Waals surface area contributed by atoms with Crippen LogP contribution in [0.25, 0.3) is 0 Å². The number of nitrogens with zero attached hydrogens (tertiary/aromatic N) is 2. The van der Waals surface area contributed by atoms with Crippen molar-refractivity contribution in [1.82, 2.24) is 14.9 Å². The Kier molecular flexibility index (Phi) is 2.90. The third-order valence-electron chi connectivity index (χ3n) is 2.13. The highest BCUT2D eigenvalue weighted by Gasteiger charge is 2.17. The van der Waals surface area contributed by atoms with Gasteiger partial charge in [0.15, 0.2) is 0 Å². The number of rotatable bonds is 3. The van der Waals surface area contributed by atoms with Crippen molar-refractivity contribution in [3.63, 3.8) is 0 Å². The first kappa shape index (κ1) is 9.76. The molecule has 0 radical (unpaired) electrons. The van der Waals surface area contributed by atoms with Gasteiger partial charge >= 0.3 is 0 Å². The van der Waals surface area contributed by atoms with E-state index in [1.165, 1.54) is 22.0 Å². The minimum atomic E-state index is 0.189. The highest BCUT2D eigenvalue weighted by atomic mass is 32.1. The second kappa shape index (κ2) is 4.16. The van der Waals surface area contributed by atoms with Gasteiger partial charge in [-0.2, -0.15) is 0 Å². The van der Waals surface area contributed by atoms with Crippen molar-refractivity contribution in [1.29, 1.82) is 0 Å². The average Bonchev–Trinajstić information content (AvgIpc) is 2.80. The molecule has 74 valence electrons. The topological polar surface area (TPSA) is 37.8 Å². The largest absolute Gasteiger partial charge is 0.307 e. The second-order valence-corrected chi connectivity index (χ2v) is 4.58. The fourth-order valence-electron chi connectivity index (χ4n) is 1.39. The van der Waals surface area contributed by atoms with Gasteiger partial charge in [0.1, 0.15) is 0 Å². The van der Waals surface area contributed by atoms with Gasteiger partial charge in [-0.3, -0.25) is 0 Å². The molecule has 0 spiro atoms. The summed E-state index contributed by atoms with van der Waals surface area (Å²) in [6.45, 7) is 2.12. The molecular weight excluding hydrogens is 214 g/mol. The Morgan fingerprint density at radius 1 is 1.50 bits per heavy atom. The van der Waals surface area contributed by atoms with E-state index in [2.05, 4.69) is 33.3 Å². The van der Waals surface area contributed by atoms with Gasteiger partial charge in [0.25, 0.3) is 0 Å². The van der Waals surface area contributed by atoms with Crippen molar-refractivity contribution in [2.24, 2.45) is 0 Å². The normalized spacial score (nSPS) is 13.0. The Bertz CT molecular complexity index is 394. The highest BCUT2D eigenvalue weighted by Crippen LogP contribution is 2.28. The zero-order valence-electron chi connectivity index (χ0n) is 8.02. The minimum Gasteiger partial charge on any atom is -0.307 e. The monoisotopic (exact) mass is 225 g/mol. The van der Waals surface area contributed by atoms with Gasteiger partial charge in [-0.25, -0.2) is 0 Å². The van der Waals surface area contributed by atoms with Gasteiger partial charge in [0, 0.05) is 10.3 Å². The number of aromatic nitrogens is 2. The summed E-state index contributed by atoms with van der Waals surface area (Å²) >= 11 is 3.14. The molecule has 0 saturated heterocycles. The predicted molar refractivity (Wildman–Crippen MR) is 59.9 cm³/mol. The van der Waals surface area contributed by atoms with E-state index in [0.717, 1.165) is 5.69 Å². The molecule has 1 atom stereocenters. The Morgan fingerprint density at radius 2 is 2.36 bits per heavy atom. The average molecular weight is 225 g/mol. The maximum absolute atomic E-state index is 4.10. The summed E-state index contributed by atoms with van der Waals surface area (Å²) in [6.07, 6.45) is 0. The zero-order chi connectivity index (χ0) is 9.97. The summed E-state index contributed by atoms with van der Waals surface area (Å²) in [5, 5.41) is 11.5. The van der Waals surface area contributed by atoms with Crippen molar-refractivity contribution in [3.05, 3.63) is 33.0 Å². The van der Waals surface area contributed by atoms with Crippen LogP contribution < -0.4 is 5.32 Å². The molecule has 0 aliphatic rings. The Balaban J connectivity index is 2.36. The van der Waals surface area contributed by atoms with Gasteiger partial charge in [-0.05, 0) is 42.5 Å². The van der Waals surface area contributed by atoms with Gasteiger partial charge in [-0.1, -0.05) is 4.49 Å². The predicted octanol–water partition coefficient (Wildman–Crippen LogP) is 2.22. The Labute approximate surface area is 91.0 Å². The van der Waals surface area contributed by atoms with Crippen LogP contribution in [0.3, 0.4) is 0 Å². The molecule has 0 aliphatic heterocycles. The van der Waals surface area contributed by atoms with Crippen LogP contribution >= 0.6 is 22.9 Å². The quantitative estimate of drug-likeness (QED) is 0.870. The fraction of sp³-hybridized carbons (Fsp3) is 0.333. The molecule has 2 aromatic rings. The van der Waals surface area contributed by atoms with Crippen LogP contribution in [-0.2, 0) is 0 Å². The molecule has 0 fully saturated rings. The molecule has 14 heavy (non-hydrogen) atoms. The first-order chi connectivity index (χ1) is 6.83. The van der Waals surface area contributed by atoms with E-state index in [-0.39, 0.29) is 6.04 Å². The maximum Gasteiger partial charge on any atom is 0.0978 e. The molecule has 2 rings (SSSR count).